The van der Waals surface area contributed by atoms with Crippen molar-refractivity contribution in [2.75, 3.05) is 30.4 Å². The van der Waals surface area contributed by atoms with Crippen molar-refractivity contribution in [2.45, 2.75) is 12.3 Å². The third kappa shape index (κ3) is 3.70. The molecule has 6 heteroatoms. The number of nitrogens with one attached hydrogen (secondary N) is 2. The van der Waals surface area contributed by atoms with Crippen LogP contribution in [0.5, 0.6) is 0 Å². The summed E-state index contributed by atoms with van der Waals surface area (Å²) in [7, 11) is -2.95. The summed E-state index contributed by atoms with van der Waals surface area (Å²) >= 11 is 0. The maximum absolute atomic E-state index is 12.0. The molecule has 1 heterocycles. The number of para-hydroxylation sites is 1. The van der Waals surface area contributed by atoms with Gasteiger partial charge >= 0.3 is 0 Å². The molecular formula is C13H18N2O3S. The molecule has 1 aromatic rings. The van der Waals surface area contributed by atoms with Crippen LogP contribution in [0.15, 0.2) is 24.3 Å². The lowest BCUT2D eigenvalue weighted by Crippen LogP contribution is -2.31. The maximum atomic E-state index is 12.0. The van der Waals surface area contributed by atoms with Crippen LogP contribution < -0.4 is 10.6 Å². The highest BCUT2D eigenvalue weighted by molar-refractivity contribution is 7.90. The molecule has 1 aliphatic heterocycles. The first kappa shape index (κ1) is 13.9. The second-order valence-electron chi connectivity index (χ2n) is 4.80. The van der Waals surface area contributed by atoms with Crippen molar-refractivity contribution in [3.63, 3.8) is 0 Å². The average Bonchev–Trinajstić information content (AvgIpc) is 2.77. The largest absolute Gasteiger partial charge is 0.384 e. The van der Waals surface area contributed by atoms with Crippen LogP contribution in [0, 0.1) is 0 Å². The van der Waals surface area contributed by atoms with Crippen molar-refractivity contribution < 1.29 is 13.2 Å². The Morgan fingerprint density at radius 3 is 2.89 bits per heavy atom. The molecule has 1 atom stereocenters. The van der Waals surface area contributed by atoms with Crippen LogP contribution in [-0.4, -0.2) is 39.4 Å². The summed E-state index contributed by atoms with van der Waals surface area (Å²) < 4.78 is 21.9. The minimum Gasteiger partial charge on any atom is -0.384 e. The maximum Gasteiger partial charge on any atom is 0.229 e. The van der Waals surface area contributed by atoms with Crippen LogP contribution in [0.25, 0.3) is 0 Å². The number of amides is 1. The zero-order valence-electron chi connectivity index (χ0n) is 10.8. The quantitative estimate of drug-likeness (QED) is 0.781. The summed E-state index contributed by atoms with van der Waals surface area (Å²) in [5.41, 5.74) is 2.00. The molecule has 104 valence electrons. The van der Waals surface area contributed by atoms with Crippen LogP contribution in [0.2, 0.25) is 0 Å². The fourth-order valence-corrected chi connectivity index (χ4v) is 2.86. The van der Waals surface area contributed by atoms with Gasteiger partial charge in [0.25, 0.3) is 0 Å². The highest BCUT2D eigenvalue weighted by atomic mass is 32.2. The van der Waals surface area contributed by atoms with E-state index in [1.54, 1.807) is 0 Å². The van der Waals surface area contributed by atoms with E-state index in [9.17, 15) is 13.2 Å². The van der Waals surface area contributed by atoms with E-state index in [0.717, 1.165) is 11.3 Å². The first-order chi connectivity index (χ1) is 8.97. The fourth-order valence-electron chi connectivity index (χ4n) is 2.19. The summed E-state index contributed by atoms with van der Waals surface area (Å²) in [6, 6.07) is 7.73. The first-order valence-corrected chi connectivity index (χ1v) is 8.31. The van der Waals surface area contributed by atoms with Crippen LogP contribution in [0.4, 0.5) is 5.69 Å². The summed E-state index contributed by atoms with van der Waals surface area (Å²) in [6.45, 7) is 0.988. The van der Waals surface area contributed by atoms with E-state index in [2.05, 4.69) is 10.6 Å². The Bertz CT molecular complexity index is 569. The van der Waals surface area contributed by atoms with Crippen molar-refractivity contribution >= 4 is 21.4 Å². The number of sulfone groups is 1. The summed E-state index contributed by atoms with van der Waals surface area (Å²) in [4.78, 5) is 12.0. The molecule has 5 nitrogen and oxygen atoms in total. The van der Waals surface area contributed by atoms with E-state index >= 15 is 0 Å². The third-order valence-corrected chi connectivity index (χ3v) is 4.17. The van der Waals surface area contributed by atoms with E-state index < -0.39 is 9.84 Å². The predicted octanol–water partition coefficient (Wildman–Crippen LogP) is 0.747. The number of fused-ring (bicyclic) bond motifs is 1. The Balaban J connectivity index is 1.85. The number of anilines is 1. The Morgan fingerprint density at radius 1 is 1.42 bits per heavy atom. The molecule has 0 fully saturated rings. The Morgan fingerprint density at radius 2 is 2.16 bits per heavy atom. The Kier molecular flexibility index (Phi) is 4.09. The molecule has 1 aromatic carbocycles. The Hall–Kier alpha value is -1.56. The normalized spacial score (nSPS) is 17.6. The molecule has 0 saturated carbocycles. The average molecular weight is 282 g/mol. The molecule has 1 unspecified atom stereocenters. The van der Waals surface area contributed by atoms with Gasteiger partial charge in [-0.15, -0.1) is 0 Å². The van der Waals surface area contributed by atoms with Gasteiger partial charge in [0.1, 0.15) is 9.84 Å². The SMILES string of the molecule is CS(=O)(=O)CCCNC(=O)C1CNc2ccccc21. The minimum absolute atomic E-state index is 0.0500. The lowest BCUT2D eigenvalue weighted by molar-refractivity contribution is -0.122. The van der Waals surface area contributed by atoms with Gasteiger partial charge in [-0.25, -0.2) is 8.42 Å². The fraction of sp³-hybridized carbons (Fsp3) is 0.462. The van der Waals surface area contributed by atoms with Crippen molar-refractivity contribution in [1.29, 1.82) is 0 Å². The highest BCUT2D eigenvalue weighted by Gasteiger charge is 2.27. The molecular weight excluding hydrogens is 264 g/mol. The predicted molar refractivity (Wildman–Crippen MR) is 75.0 cm³/mol. The zero-order valence-corrected chi connectivity index (χ0v) is 11.7. The smallest absolute Gasteiger partial charge is 0.229 e. The molecule has 0 bridgehead atoms. The lowest BCUT2D eigenvalue weighted by atomic mass is 10.0. The van der Waals surface area contributed by atoms with Gasteiger partial charge in [0, 0.05) is 25.0 Å². The van der Waals surface area contributed by atoms with Crippen molar-refractivity contribution in [3.8, 4) is 0 Å². The number of hydrogen-bond donors (Lipinski definition) is 2. The second-order valence-corrected chi connectivity index (χ2v) is 7.05. The van der Waals surface area contributed by atoms with Gasteiger partial charge in [-0.2, -0.15) is 0 Å². The number of carbonyl (C=O) groups is 1. The van der Waals surface area contributed by atoms with Gasteiger partial charge in [-0.3, -0.25) is 4.79 Å². The van der Waals surface area contributed by atoms with Gasteiger partial charge < -0.3 is 10.6 Å². The molecule has 0 aliphatic carbocycles. The van der Waals surface area contributed by atoms with Gasteiger partial charge in [0.15, 0.2) is 0 Å². The van der Waals surface area contributed by atoms with E-state index in [-0.39, 0.29) is 17.6 Å². The summed E-state index contributed by atoms with van der Waals surface area (Å²) in [5, 5.41) is 5.98. The number of hydrogen-bond acceptors (Lipinski definition) is 4. The summed E-state index contributed by atoms with van der Waals surface area (Å²) in [6.07, 6.45) is 1.65. The molecule has 2 N–H and O–H groups in total. The number of benzene rings is 1. The van der Waals surface area contributed by atoms with E-state index in [4.69, 9.17) is 0 Å². The van der Waals surface area contributed by atoms with Crippen LogP contribution in [0.3, 0.4) is 0 Å². The molecule has 19 heavy (non-hydrogen) atoms. The topological polar surface area (TPSA) is 75.3 Å². The molecule has 0 aromatic heterocycles. The van der Waals surface area contributed by atoms with Crippen molar-refractivity contribution in [2.24, 2.45) is 0 Å². The van der Waals surface area contributed by atoms with Crippen LogP contribution in [0.1, 0.15) is 17.9 Å². The number of carbonyl (C=O) groups excluding carboxylic acids is 1. The summed E-state index contributed by atoms with van der Waals surface area (Å²) in [5.74, 6) is -0.132. The van der Waals surface area contributed by atoms with E-state index in [0.29, 0.717) is 19.5 Å². The molecule has 1 amide bonds. The standard InChI is InChI=1S/C13H18N2O3S/c1-19(17,18)8-4-7-14-13(16)11-9-15-12-6-3-2-5-10(11)12/h2-3,5-6,11,15H,4,7-9H2,1H3,(H,14,16). The molecule has 0 radical (unpaired) electrons. The molecule has 1 aliphatic rings. The number of rotatable bonds is 5. The third-order valence-electron chi connectivity index (χ3n) is 3.14. The zero-order chi connectivity index (χ0) is 13.9. The first-order valence-electron chi connectivity index (χ1n) is 6.25. The van der Waals surface area contributed by atoms with Crippen molar-refractivity contribution in [1.82, 2.24) is 5.32 Å². The van der Waals surface area contributed by atoms with Crippen LogP contribution in [-0.2, 0) is 14.6 Å². The van der Waals surface area contributed by atoms with Gasteiger partial charge in [-0.1, -0.05) is 18.2 Å². The van der Waals surface area contributed by atoms with E-state index in [1.165, 1.54) is 6.26 Å². The molecule has 0 saturated heterocycles. The van der Waals surface area contributed by atoms with Crippen LogP contribution >= 0.6 is 0 Å². The van der Waals surface area contributed by atoms with E-state index in [1.807, 2.05) is 24.3 Å². The Labute approximate surface area is 113 Å². The molecule has 2 rings (SSSR count). The highest BCUT2D eigenvalue weighted by Crippen LogP contribution is 2.30. The second kappa shape index (κ2) is 5.61. The monoisotopic (exact) mass is 282 g/mol. The molecule has 0 spiro atoms. The van der Waals surface area contributed by atoms with Crippen molar-refractivity contribution in [3.05, 3.63) is 29.8 Å². The van der Waals surface area contributed by atoms with Gasteiger partial charge in [0.2, 0.25) is 5.91 Å². The lowest BCUT2D eigenvalue weighted by Gasteiger charge is -2.10. The van der Waals surface area contributed by atoms with Gasteiger partial charge in [0.05, 0.1) is 11.7 Å². The van der Waals surface area contributed by atoms with Gasteiger partial charge in [-0.05, 0) is 18.1 Å². The minimum atomic E-state index is -2.95.